The fourth-order valence-electron chi connectivity index (χ4n) is 2.67. The maximum atomic E-state index is 12.4. The van der Waals surface area contributed by atoms with Gasteiger partial charge in [0.15, 0.2) is 0 Å². The van der Waals surface area contributed by atoms with Crippen LogP contribution in [-0.2, 0) is 9.59 Å². The summed E-state index contributed by atoms with van der Waals surface area (Å²) in [6, 6.07) is 5.28. The summed E-state index contributed by atoms with van der Waals surface area (Å²) in [4.78, 5) is 28.2. The summed E-state index contributed by atoms with van der Waals surface area (Å²) in [6.45, 7) is 1.68. The molecule has 132 valence electrons. The number of hydrogen-bond acceptors (Lipinski definition) is 5. The molecule has 1 heterocycles. The van der Waals surface area contributed by atoms with Crippen LogP contribution < -0.4 is 19.7 Å². The molecule has 1 aromatic carbocycles. The molecule has 2 amide bonds. The predicted molar refractivity (Wildman–Crippen MR) is 91.6 cm³/mol. The molecule has 1 aliphatic rings. The molecule has 1 atom stereocenters. The Morgan fingerprint density at radius 3 is 2.71 bits per heavy atom. The summed E-state index contributed by atoms with van der Waals surface area (Å²) in [7, 11) is 7.01. The van der Waals surface area contributed by atoms with Gasteiger partial charge in [0.2, 0.25) is 11.8 Å². The molecule has 7 nitrogen and oxygen atoms in total. The minimum atomic E-state index is -0.351. The number of rotatable bonds is 7. The van der Waals surface area contributed by atoms with E-state index in [0.29, 0.717) is 30.3 Å². The largest absolute Gasteiger partial charge is 0.497 e. The van der Waals surface area contributed by atoms with Crippen molar-refractivity contribution >= 4 is 17.5 Å². The van der Waals surface area contributed by atoms with E-state index in [9.17, 15) is 9.59 Å². The van der Waals surface area contributed by atoms with Crippen molar-refractivity contribution in [3.63, 3.8) is 0 Å². The molecule has 0 radical (unpaired) electrons. The number of nitrogens with one attached hydrogen (secondary N) is 1. The van der Waals surface area contributed by atoms with Crippen LogP contribution in [0.2, 0.25) is 0 Å². The van der Waals surface area contributed by atoms with Gasteiger partial charge in [-0.15, -0.1) is 0 Å². The Bertz CT molecular complexity index is 603. The summed E-state index contributed by atoms with van der Waals surface area (Å²) in [6.07, 6.45) is 0.203. The van der Waals surface area contributed by atoms with Crippen LogP contribution in [0, 0.1) is 5.92 Å². The first kappa shape index (κ1) is 18.1. The quantitative estimate of drug-likeness (QED) is 0.796. The lowest BCUT2D eigenvalue weighted by molar-refractivity contribution is -0.126. The summed E-state index contributed by atoms with van der Waals surface area (Å²) in [5.74, 6) is 0.690. The minimum absolute atomic E-state index is 0.0884. The lowest BCUT2D eigenvalue weighted by atomic mass is 10.1. The highest BCUT2D eigenvalue weighted by molar-refractivity contribution is 6.01. The van der Waals surface area contributed by atoms with Crippen LogP contribution in [0.3, 0.4) is 0 Å². The number of ether oxygens (including phenoxy) is 2. The predicted octanol–water partition coefficient (Wildman–Crippen LogP) is 0.735. The Labute approximate surface area is 142 Å². The normalized spacial score (nSPS) is 17.3. The Balaban J connectivity index is 2.08. The number of likely N-dealkylation sites (N-methyl/N-ethyl adjacent to an activating group) is 1. The number of carbonyl (C=O) groups is 2. The lowest BCUT2D eigenvalue weighted by Crippen LogP contribution is -2.36. The molecule has 24 heavy (non-hydrogen) atoms. The molecule has 1 fully saturated rings. The Morgan fingerprint density at radius 1 is 1.33 bits per heavy atom. The van der Waals surface area contributed by atoms with E-state index >= 15 is 0 Å². The highest BCUT2D eigenvalue weighted by Crippen LogP contribution is 2.35. The monoisotopic (exact) mass is 335 g/mol. The van der Waals surface area contributed by atoms with E-state index in [1.165, 1.54) is 0 Å². The maximum absolute atomic E-state index is 12.4. The molecule has 1 aromatic rings. The smallest absolute Gasteiger partial charge is 0.227 e. The molecule has 0 saturated carbocycles. The van der Waals surface area contributed by atoms with E-state index in [0.717, 1.165) is 6.54 Å². The van der Waals surface area contributed by atoms with Gasteiger partial charge in [0, 0.05) is 32.1 Å². The van der Waals surface area contributed by atoms with Gasteiger partial charge < -0.3 is 24.6 Å². The highest BCUT2D eigenvalue weighted by Gasteiger charge is 2.36. The number of nitrogens with zero attached hydrogens (tertiary/aromatic N) is 2. The molecule has 0 bridgehead atoms. The van der Waals surface area contributed by atoms with Gasteiger partial charge in [-0.3, -0.25) is 9.59 Å². The van der Waals surface area contributed by atoms with E-state index in [2.05, 4.69) is 5.32 Å². The first-order chi connectivity index (χ1) is 11.5. The van der Waals surface area contributed by atoms with Gasteiger partial charge in [-0.2, -0.15) is 0 Å². The van der Waals surface area contributed by atoms with Crippen LogP contribution >= 0.6 is 0 Å². The average molecular weight is 335 g/mol. The van der Waals surface area contributed by atoms with Gasteiger partial charge >= 0.3 is 0 Å². The summed E-state index contributed by atoms with van der Waals surface area (Å²) < 4.78 is 10.6. The third kappa shape index (κ3) is 4.17. The molecule has 1 saturated heterocycles. The van der Waals surface area contributed by atoms with Crippen molar-refractivity contribution in [2.24, 2.45) is 5.92 Å². The van der Waals surface area contributed by atoms with Crippen molar-refractivity contribution < 1.29 is 19.1 Å². The lowest BCUT2D eigenvalue weighted by Gasteiger charge is -2.20. The van der Waals surface area contributed by atoms with E-state index in [4.69, 9.17) is 9.47 Å². The molecule has 7 heteroatoms. The number of carbonyl (C=O) groups excluding carboxylic acids is 2. The van der Waals surface area contributed by atoms with Crippen molar-refractivity contribution in [3.8, 4) is 11.5 Å². The second-order valence-corrected chi connectivity index (χ2v) is 6.04. The zero-order valence-electron chi connectivity index (χ0n) is 14.7. The second kappa shape index (κ2) is 8.01. The third-order valence-corrected chi connectivity index (χ3v) is 4.03. The standard InChI is InChI=1S/C17H25N3O4/c1-19(2)8-7-18-17(22)12-9-16(21)20(11-12)14-10-13(23-3)5-6-15(14)24-4/h5-6,10,12H,7-9,11H2,1-4H3,(H,18,22)/t12-/m1/s1. The van der Waals surface area contributed by atoms with Crippen molar-refractivity contribution in [1.29, 1.82) is 0 Å². The Hall–Kier alpha value is -2.28. The van der Waals surface area contributed by atoms with E-state index in [1.807, 2.05) is 19.0 Å². The van der Waals surface area contributed by atoms with Crippen LogP contribution in [0.5, 0.6) is 11.5 Å². The number of hydrogen-bond donors (Lipinski definition) is 1. The number of anilines is 1. The average Bonchev–Trinajstić information content (AvgIpc) is 2.95. The van der Waals surface area contributed by atoms with Crippen molar-refractivity contribution in [2.75, 3.05) is 52.8 Å². The minimum Gasteiger partial charge on any atom is -0.497 e. The van der Waals surface area contributed by atoms with Gasteiger partial charge in [-0.25, -0.2) is 0 Å². The SMILES string of the molecule is COc1ccc(OC)c(N2C[C@H](C(=O)NCCN(C)C)CC2=O)c1. The number of amides is 2. The summed E-state index contributed by atoms with van der Waals surface area (Å²) in [5, 5.41) is 2.88. The van der Waals surface area contributed by atoms with Crippen LogP contribution in [0.1, 0.15) is 6.42 Å². The van der Waals surface area contributed by atoms with Gasteiger partial charge in [-0.1, -0.05) is 0 Å². The van der Waals surface area contributed by atoms with Crippen LogP contribution in [0.4, 0.5) is 5.69 Å². The third-order valence-electron chi connectivity index (χ3n) is 4.03. The van der Waals surface area contributed by atoms with E-state index in [1.54, 1.807) is 37.3 Å². The van der Waals surface area contributed by atoms with Crippen molar-refractivity contribution in [2.45, 2.75) is 6.42 Å². The molecule has 0 aromatic heterocycles. The van der Waals surface area contributed by atoms with Crippen LogP contribution in [-0.4, -0.2) is 64.7 Å². The van der Waals surface area contributed by atoms with Crippen LogP contribution in [0.25, 0.3) is 0 Å². The zero-order chi connectivity index (χ0) is 17.7. The van der Waals surface area contributed by atoms with Gasteiger partial charge in [0.25, 0.3) is 0 Å². The number of benzene rings is 1. The van der Waals surface area contributed by atoms with E-state index in [-0.39, 0.29) is 24.2 Å². The molecule has 2 rings (SSSR count). The molecule has 0 aliphatic carbocycles. The van der Waals surface area contributed by atoms with Gasteiger partial charge in [-0.05, 0) is 26.2 Å². The zero-order valence-corrected chi connectivity index (χ0v) is 14.7. The molecule has 0 spiro atoms. The summed E-state index contributed by atoms with van der Waals surface area (Å²) >= 11 is 0. The molecular formula is C17H25N3O4. The topological polar surface area (TPSA) is 71.1 Å². The maximum Gasteiger partial charge on any atom is 0.227 e. The molecule has 1 N–H and O–H groups in total. The molecular weight excluding hydrogens is 310 g/mol. The van der Waals surface area contributed by atoms with Crippen molar-refractivity contribution in [1.82, 2.24) is 10.2 Å². The fourth-order valence-corrected chi connectivity index (χ4v) is 2.67. The summed E-state index contributed by atoms with van der Waals surface area (Å²) in [5.41, 5.74) is 0.630. The van der Waals surface area contributed by atoms with Gasteiger partial charge in [0.1, 0.15) is 11.5 Å². The van der Waals surface area contributed by atoms with Crippen LogP contribution in [0.15, 0.2) is 18.2 Å². The van der Waals surface area contributed by atoms with Crippen molar-refractivity contribution in [3.05, 3.63) is 18.2 Å². The Kier molecular flexibility index (Phi) is 6.03. The van der Waals surface area contributed by atoms with Gasteiger partial charge in [0.05, 0.1) is 25.8 Å². The highest BCUT2D eigenvalue weighted by atomic mass is 16.5. The Morgan fingerprint density at radius 2 is 2.08 bits per heavy atom. The number of methoxy groups -OCH3 is 2. The molecule has 1 aliphatic heterocycles. The van der Waals surface area contributed by atoms with E-state index < -0.39 is 0 Å². The fraction of sp³-hybridized carbons (Fsp3) is 0.529. The molecule has 0 unspecified atom stereocenters. The second-order valence-electron chi connectivity index (χ2n) is 6.04. The first-order valence-electron chi connectivity index (χ1n) is 7.91. The first-order valence-corrected chi connectivity index (χ1v) is 7.91.